The Bertz CT molecular complexity index is 601. The van der Waals surface area contributed by atoms with Crippen LogP contribution in [0.1, 0.15) is 31.7 Å². The molecular formula is C15H17F2NO3. The Labute approximate surface area is 121 Å². The molecule has 1 amide bonds. The Morgan fingerprint density at radius 2 is 1.95 bits per heavy atom. The average Bonchev–Trinajstić information content (AvgIpc) is 3.20. The van der Waals surface area contributed by atoms with Crippen molar-refractivity contribution >= 4 is 11.9 Å². The van der Waals surface area contributed by atoms with E-state index in [9.17, 15) is 18.4 Å². The van der Waals surface area contributed by atoms with Crippen molar-refractivity contribution in [3.63, 3.8) is 0 Å². The summed E-state index contributed by atoms with van der Waals surface area (Å²) in [6, 6.07) is 3.88. The number of carbonyl (C=O) groups excluding carboxylic acids is 1. The van der Waals surface area contributed by atoms with Crippen LogP contribution in [0.15, 0.2) is 18.2 Å². The van der Waals surface area contributed by atoms with E-state index in [1.165, 1.54) is 33.0 Å². The first-order valence-corrected chi connectivity index (χ1v) is 6.63. The van der Waals surface area contributed by atoms with Gasteiger partial charge in [-0.1, -0.05) is 12.1 Å². The number of amides is 1. The number of benzene rings is 1. The number of likely N-dealkylation sites (N-methyl/N-ethyl adjacent to an activating group) is 1. The minimum atomic E-state index is -1.34. The SMILES string of the molecule is CN(C(=O)C1CC1c1cccc(F)c1F)C(C)(C)C(=O)O. The van der Waals surface area contributed by atoms with Crippen molar-refractivity contribution in [3.8, 4) is 0 Å². The summed E-state index contributed by atoms with van der Waals surface area (Å²) in [7, 11) is 1.41. The number of carboxylic acids is 1. The fourth-order valence-electron chi connectivity index (χ4n) is 2.29. The molecule has 1 aliphatic carbocycles. The molecule has 2 atom stereocenters. The molecule has 1 aromatic rings. The van der Waals surface area contributed by atoms with Crippen molar-refractivity contribution in [2.24, 2.45) is 5.92 Å². The quantitative estimate of drug-likeness (QED) is 0.928. The van der Waals surface area contributed by atoms with Gasteiger partial charge in [0, 0.05) is 13.0 Å². The van der Waals surface area contributed by atoms with E-state index in [0.29, 0.717) is 6.42 Å². The van der Waals surface area contributed by atoms with Crippen LogP contribution in [-0.2, 0) is 9.59 Å². The maximum absolute atomic E-state index is 13.7. The van der Waals surface area contributed by atoms with Crippen LogP contribution in [0.25, 0.3) is 0 Å². The van der Waals surface area contributed by atoms with Gasteiger partial charge in [0.15, 0.2) is 11.6 Å². The number of rotatable bonds is 4. The van der Waals surface area contributed by atoms with Gasteiger partial charge in [-0.2, -0.15) is 0 Å². The summed E-state index contributed by atoms with van der Waals surface area (Å²) in [5.41, 5.74) is -1.17. The Morgan fingerprint density at radius 3 is 2.52 bits per heavy atom. The molecule has 4 nitrogen and oxygen atoms in total. The maximum Gasteiger partial charge on any atom is 0.329 e. The first-order valence-electron chi connectivity index (χ1n) is 6.63. The summed E-state index contributed by atoms with van der Waals surface area (Å²) < 4.78 is 26.9. The molecule has 0 spiro atoms. The molecule has 21 heavy (non-hydrogen) atoms. The standard InChI is InChI=1S/C15H17F2NO3/c1-15(2,14(20)21)18(3)13(19)10-7-9(10)8-5-4-6-11(16)12(8)17/h4-6,9-10H,7H2,1-3H3,(H,20,21). The van der Waals surface area contributed by atoms with Gasteiger partial charge in [-0.15, -0.1) is 0 Å². The van der Waals surface area contributed by atoms with Gasteiger partial charge < -0.3 is 10.0 Å². The van der Waals surface area contributed by atoms with E-state index >= 15 is 0 Å². The van der Waals surface area contributed by atoms with E-state index in [-0.39, 0.29) is 17.4 Å². The third-order valence-electron chi connectivity index (χ3n) is 4.18. The van der Waals surface area contributed by atoms with Crippen LogP contribution in [0, 0.1) is 17.6 Å². The van der Waals surface area contributed by atoms with Crippen molar-refractivity contribution in [3.05, 3.63) is 35.4 Å². The van der Waals surface area contributed by atoms with Crippen LogP contribution in [-0.4, -0.2) is 34.5 Å². The Hall–Kier alpha value is -1.98. The molecule has 0 aliphatic heterocycles. The lowest BCUT2D eigenvalue weighted by Gasteiger charge is -2.31. The van der Waals surface area contributed by atoms with E-state index in [4.69, 9.17) is 5.11 Å². The third-order valence-corrected chi connectivity index (χ3v) is 4.18. The van der Waals surface area contributed by atoms with Crippen molar-refractivity contribution in [1.82, 2.24) is 4.90 Å². The fraction of sp³-hybridized carbons (Fsp3) is 0.467. The van der Waals surface area contributed by atoms with Gasteiger partial charge in [0.2, 0.25) is 5.91 Å². The largest absolute Gasteiger partial charge is 0.480 e. The van der Waals surface area contributed by atoms with Crippen molar-refractivity contribution in [2.75, 3.05) is 7.05 Å². The molecule has 6 heteroatoms. The number of nitrogens with zero attached hydrogens (tertiary/aromatic N) is 1. The van der Waals surface area contributed by atoms with Gasteiger partial charge in [-0.3, -0.25) is 4.79 Å². The zero-order chi connectivity index (χ0) is 15.9. The fourth-order valence-corrected chi connectivity index (χ4v) is 2.29. The highest BCUT2D eigenvalue weighted by molar-refractivity contribution is 5.89. The first kappa shape index (κ1) is 15.4. The topological polar surface area (TPSA) is 57.6 Å². The van der Waals surface area contributed by atoms with Gasteiger partial charge in [0.1, 0.15) is 5.54 Å². The molecule has 0 heterocycles. The molecule has 0 radical (unpaired) electrons. The number of carboxylic acid groups (broad SMARTS) is 1. The van der Waals surface area contributed by atoms with Crippen molar-refractivity contribution < 1.29 is 23.5 Å². The first-order chi connectivity index (χ1) is 9.67. The molecule has 1 N–H and O–H groups in total. The van der Waals surface area contributed by atoms with E-state index in [1.54, 1.807) is 0 Å². The van der Waals surface area contributed by atoms with Crippen LogP contribution in [0.5, 0.6) is 0 Å². The Morgan fingerprint density at radius 1 is 1.33 bits per heavy atom. The number of hydrogen-bond donors (Lipinski definition) is 1. The summed E-state index contributed by atoms with van der Waals surface area (Å²) in [6.45, 7) is 2.85. The van der Waals surface area contributed by atoms with Gasteiger partial charge in [-0.25, -0.2) is 13.6 Å². The highest BCUT2D eigenvalue weighted by atomic mass is 19.2. The van der Waals surface area contributed by atoms with E-state index in [0.717, 1.165) is 11.0 Å². The summed E-state index contributed by atoms with van der Waals surface area (Å²) in [5, 5.41) is 9.12. The molecule has 1 fully saturated rings. The van der Waals surface area contributed by atoms with Crippen LogP contribution in [0.2, 0.25) is 0 Å². The summed E-state index contributed by atoms with van der Waals surface area (Å²) in [4.78, 5) is 24.6. The lowest BCUT2D eigenvalue weighted by atomic mass is 10.0. The van der Waals surface area contributed by atoms with Crippen molar-refractivity contribution in [2.45, 2.75) is 31.7 Å². The second-order valence-corrected chi connectivity index (χ2v) is 5.85. The molecule has 0 saturated heterocycles. The monoisotopic (exact) mass is 297 g/mol. The molecule has 1 saturated carbocycles. The lowest BCUT2D eigenvalue weighted by molar-refractivity contribution is -0.155. The number of aliphatic carboxylic acids is 1. The molecular weight excluding hydrogens is 280 g/mol. The molecule has 2 rings (SSSR count). The predicted molar refractivity (Wildman–Crippen MR) is 71.7 cm³/mol. The van der Waals surface area contributed by atoms with E-state index in [2.05, 4.69) is 0 Å². The van der Waals surface area contributed by atoms with Crippen molar-refractivity contribution in [1.29, 1.82) is 0 Å². The van der Waals surface area contributed by atoms with Crippen LogP contribution in [0.3, 0.4) is 0 Å². The summed E-state index contributed by atoms with van der Waals surface area (Å²) in [6.07, 6.45) is 0.402. The zero-order valence-corrected chi connectivity index (χ0v) is 12.1. The zero-order valence-electron chi connectivity index (χ0n) is 12.1. The highest BCUT2D eigenvalue weighted by Gasteiger charge is 2.49. The predicted octanol–water partition coefficient (Wildman–Crippen LogP) is 2.39. The van der Waals surface area contributed by atoms with E-state index in [1.807, 2.05) is 0 Å². The smallest absolute Gasteiger partial charge is 0.329 e. The molecule has 0 aromatic heterocycles. The number of carbonyl (C=O) groups is 2. The van der Waals surface area contributed by atoms with Gasteiger partial charge >= 0.3 is 5.97 Å². The second kappa shape index (κ2) is 5.09. The Balaban J connectivity index is 2.15. The van der Waals surface area contributed by atoms with Gasteiger partial charge in [0.25, 0.3) is 0 Å². The summed E-state index contributed by atoms with van der Waals surface area (Å²) >= 11 is 0. The average molecular weight is 297 g/mol. The number of halogens is 2. The molecule has 1 aromatic carbocycles. The minimum Gasteiger partial charge on any atom is -0.480 e. The Kier molecular flexibility index (Phi) is 3.74. The summed E-state index contributed by atoms with van der Waals surface area (Å²) in [5.74, 6) is -4.24. The molecule has 0 bridgehead atoms. The normalized spacial score (nSPS) is 21.0. The molecule has 2 unspecified atom stereocenters. The molecule has 114 valence electrons. The number of hydrogen-bond acceptors (Lipinski definition) is 2. The minimum absolute atomic E-state index is 0.176. The van der Waals surface area contributed by atoms with Crippen LogP contribution < -0.4 is 0 Å². The maximum atomic E-state index is 13.7. The van der Waals surface area contributed by atoms with Gasteiger partial charge in [-0.05, 0) is 37.8 Å². The van der Waals surface area contributed by atoms with E-state index < -0.39 is 29.1 Å². The molecule has 1 aliphatic rings. The lowest BCUT2D eigenvalue weighted by Crippen LogP contribution is -2.51. The second-order valence-electron chi connectivity index (χ2n) is 5.85. The van der Waals surface area contributed by atoms with Crippen LogP contribution >= 0.6 is 0 Å². The van der Waals surface area contributed by atoms with Gasteiger partial charge in [0.05, 0.1) is 0 Å². The third kappa shape index (κ3) is 2.62. The highest BCUT2D eigenvalue weighted by Crippen LogP contribution is 2.49. The van der Waals surface area contributed by atoms with Crippen LogP contribution in [0.4, 0.5) is 8.78 Å².